The van der Waals surface area contributed by atoms with E-state index in [9.17, 15) is 4.79 Å². The van der Waals surface area contributed by atoms with Crippen LogP contribution < -0.4 is 21.7 Å². The molecule has 0 radical (unpaired) electrons. The Hall–Kier alpha value is -2.75. The molecule has 34 heavy (non-hydrogen) atoms. The predicted octanol–water partition coefficient (Wildman–Crippen LogP) is 2.67. The van der Waals surface area contributed by atoms with E-state index in [0.29, 0.717) is 17.2 Å². The topological polar surface area (TPSA) is 119 Å². The Kier molecular flexibility index (Phi) is 5.95. The van der Waals surface area contributed by atoms with Crippen molar-refractivity contribution in [3.05, 3.63) is 46.1 Å². The fraction of sp³-hybridized carbons (Fsp3) is 0.480. The number of pyridine rings is 2. The van der Waals surface area contributed by atoms with Crippen LogP contribution in [0.25, 0.3) is 10.2 Å². The van der Waals surface area contributed by atoms with Gasteiger partial charge in [0.15, 0.2) is 0 Å². The number of thiophene rings is 1. The van der Waals surface area contributed by atoms with Crippen LogP contribution >= 0.6 is 11.3 Å². The fourth-order valence-corrected chi connectivity index (χ4v) is 6.18. The van der Waals surface area contributed by atoms with Crippen molar-refractivity contribution in [2.45, 2.75) is 45.2 Å². The number of nitrogens with one attached hydrogen (secondary N) is 1. The molecule has 180 valence electrons. The lowest BCUT2D eigenvalue weighted by Gasteiger charge is -2.28. The molecule has 0 aromatic carbocycles. The molecule has 2 aliphatic rings. The summed E-state index contributed by atoms with van der Waals surface area (Å²) in [6.45, 7) is 6.35. The molecule has 4 heterocycles. The highest BCUT2D eigenvalue weighted by atomic mass is 32.1. The number of amides is 1. The largest absolute Gasteiger partial charge is 0.397 e. The van der Waals surface area contributed by atoms with Crippen LogP contribution in [-0.2, 0) is 17.6 Å². The van der Waals surface area contributed by atoms with Crippen LogP contribution in [0.1, 0.15) is 40.0 Å². The van der Waals surface area contributed by atoms with Crippen molar-refractivity contribution in [3.8, 4) is 0 Å². The molecule has 0 unspecified atom stereocenters. The van der Waals surface area contributed by atoms with Gasteiger partial charge in [-0.1, -0.05) is 13.0 Å². The minimum atomic E-state index is -0.125. The molecule has 1 amide bonds. The Labute approximate surface area is 203 Å². The number of ether oxygens (including phenoxy) is 1. The standard InChI is InChI=1S/C25H32N6O2S/c1-14-4-7-17-21(27)22(34-24(17)28-14)23(32)29-16-6-8-18-15(10-16)5-9-20(30-18)31-11-19(26)25(2,12-31)13-33-3/h4-5,7,9,16,19H,6,8,10-13,26-27H2,1-3H3,(H,29,32)/t16-,19-,25-/m0/s1. The van der Waals surface area contributed by atoms with E-state index >= 15 is 0 Å². The summed E-state index contributed by atoms with van der Waals surface area (Å²) in [4.78, 5) is 26.1. The van der Waals surface area contributed by atoms with Gasteiger partial charge in [-0.2, -0.15) is 0 Å². The second-order valence-electron chi connectivity index (χ2n) is 9.91. The van der Waals surface area contributed by atoms with Crippen LogP contribution in [0.15, 0.2) is 24.3 Å². The zero-order chi connectivity index (χ0) is 24.0. The summed E-state index contributed by atoms with van der Waals surface area (Å²) in [5.74, 6) is 0.844. The monoisotopic (exact) mass is 480 g/mol. The van der Waals surface area contributed by atoms with E-state index in [4.69, 9.17) is 21.2 Å². The molecule has 8 nitrogen and oxygen atoms in total. The van der Waals surface area contributed by atoms with Crippen LogP contribution in [0.5, 0.6) is 0 Å². The van der Waals surface area contributed by atoms with Gasteiger partial charge in [0.2, 0.25) is 0 Å². The Morgan fingerprint density at radius 3 is 2.94 bits per heavy atom. The van der Waals surface area contributed by atoms with Crippen molar-refractivity contribution in [3.63, 3.8) is 0 Å². The molecule has 1 aliphatic carbocycles. The summed E-state index contributed by atoms with van der Waals surface area (Å²) in [5.41, 5.74) is 16.3. The number of aromatic nitrogens is 2. The smallest absolute Gasteiger partial charge is 0.263 e. The third-order valence-corrected chi connectivity index (χ3v) is 8.30. The van der Waals surface area contributed by atoms with Crippen LogP contribution in [-0.4, -0.2) is 54.8 Å². The van der Waals surface area contributed by atoms with Crippen molar-refractivity contribution in [1.82, 2.24) is 15.3 Å². The number of aryl methyl sites for hydroxylation is 2. The normalized spacial score (nSPS) is 24.4. The van der Waals surface area contributed by atoms with Gasteiger partial charge >= 0.3 is 0 Å². The lowest BCUT2D eigenvalue weighted by molar-refractivity contribution is 0.0938. The quantitative estimate of drug-likeness (QED) is 0.514. The highest BCUT2D eigenvalue weighted by Crippen LogP contribution is 2.34. The number of rotatable bonds is 5. The highest BCUT2D eigenvalue weighted by molar-refractivity contribution is 7.21. The van der Waals surface area contributed by atoms with E-state index in [1.807, 2.05) is 19.1 Å². The van der Waals surface area contributed by atoms with Crippen molar-refractivity contribution in [2.75, 3.05) is 37.4 Å². The number of carbonyl (C=O) groups excluding carboxylic acids is 1. The van der Waals surface area contributed by atoms with Crippen molar-refractivity contribution in [1.29, 1.82) is 0 Å². The Balaban J connectivity index is 1.27. The Morgan fingerprint density at radius 1 is 1.32 bits per heavy atom. The average molecular weight is 481 g/mol. The van der Waals surface area contributed by atoms with E-state index in [1.54, 1.807) is 7.11 Å². The molecular formula is C25H32N6O2S. The lowest BCUT2D eigenvalue weighted by Crippen LogP contribution is -2.41. The van der Waals surface area contributed by atoms with Gasteiger partial charge in [-0.05, 0) is 49.9 Å². The summed E-state index contributed by atoms with van der Waals surface area (Å²) in [6.07, 6.45) is 2.43. The lowest BCUT2D eigenvalue weighted by atomic mass is 9.87. The second kappa shape index (κ2) is 8.79. The van der Waals surface area contributed by atoms with E-state index in [-0.39, 0.29) is 23.4 Å². The first-order chi connectivity index (χ1) is 16.3. The van der Waals surface area contributed by atoms with Gasteiger partial charge in [0.05, 0.1) is 12.3 Å². The number of nitrogens with two attached hydrogens (primary N) is 2. The molecule has 3 aromatic rings. The van der Waals surface area contributed by atoms with E-state index < -0.39 is 0 Å². The van der Waals surface area contributed by atoms with Gasteiger partial charge < -0.3 is 26.4 Å². The maximum absolute atomic E-state index is 13.0. The maximum atomic E-state index is 13.0. The molecule has 1 fully saturated rings. The average Bonchev–Trinajstić information content (AvgIpc) is 3.29. The van der Waals surface area contributed by atoms with Crippen molar-refractivity contribution in [2.24, 2.45) is 11.1 Å². The number of hydrogen-bond acceptors (Lipinski definition) is 8. The molecule has 5 rings (SSSR count). The number of nitrogens with zero attached hydrogens (tertiary/aromatic N) is 3. The maximum Gasteiger partial charge on any atom is 0.263 e. The third-order valence-electron chi connectivity index (χ3n) is 7.19. The Morgan fingerprint density at radius 2 is 2.15 bits per heavy atom. The van der Waals surface area contributed by atoms with Gasteiger partial charge in [0, 0.05) is 54.5 Å². The molecule has 3 aromatic heterocycles. The molecular weight excluding hydrogens is 448 g/mol. The molecule has 3 atom stereocenters. The SMILES string of the molecule is COC[C@]1(C)CN(c2ccc3c(n2)CC[C@H](NC(=O)c2sc4nc(C)ccc4c2N)C3)C[C@@H]1N. The first-order valence-electron chi connectivity index (χ1n) is 11.7. The predicted molar refractivity (Wildman–Crippen MR) is 136 cm³/mol. The van der Waals surface area contributed by atoms with Gasteiger partial charge in [0.1, 0.15) is 15.5 Å². The number of nitrogen functional groups attached to an aromatic ring is 1. The van der Waals surface area contributed by atoms with Crippen LogP contribution in [0.2, 0.25) is 0 Å². The molecule has 5 N–H and O–H groups in total. The minimum absolute atomic E-state index is 0.0466. The summed E-state index contributed by atoms with van der Waals surface area (Å²) < 4.78 is 5.41. The number of carbonyl (C=O) groups is 1. The summed E-state index contributed by atoms with van der Waals surface area (Å²) in [7, 11) is 1.72. The zero-order valence-corrected chi connectivity index (χ0v) is 20.7. The zero-order valence-electron chi connectivity index (χ0n) is 19.9. The number of methoxy groups -OCH3 is 1. The first-order valence-corrected chi connectivity index (χ1v) is 12.5. The second-order valence-corrected chi connectivity index (χ2v) is 10.9. The summed E-state index contributed by atoms with van der Waals surface area (Å²) in [6, 6.07) is 8.17. The first kappa shape index (κ1) is 23.0. The fourth-order valence-electron chi connectivity index (χ4n) is 5.14. The molecule has 1 aliphatic heterocycles. The van der Waals surface area contributed by atoms with Crippen LogP contribution in [0.4, 0.5) is 11.5 Å². The van der Waals surface area contributed by atoms with Crippen molar-refractivity contribution < 1.29 is 9.53 Å². The van der Waals surface area contributed by atoms with Crippen molar-refractivity contribution >= 4 is 39.0 Å². The molecule has 0 saturated carbocycles. The highest BCUT2D eigenvalue weighted by Gasteiger charge is 2.41. The molecule has 0 spiro atoms. The van der Waals surface area contributed by atoms with Crippen LogP contribution in [0.3, 0.4) is 0 Å². The number of anilines is 2. The molecule has 9 heteroatoms. The van der Waals surface area contributed by atoms with Gasteiger partial charge in [-0.25, -0.2) is 9.97 Å². The third kappa shape index (κ3) is 4.12. The van der Waals surface area contributed by atoms with Gasteiger partial charge in [-0.15, -0.1) is 11.3 Å². The molecule has 1 saturated heterocycles. The van der Waals surface area contributed by atoms with Gasteiger partial charge in [-0.3, -0.25) is 4.79 Å². The Bertz CT molecular complexity index is 1240. The van der Waals surface area contributed by atoms with E-state index in [0.717, 1.165) is 59.8 Å². The van der Waals surface area contributed by atoms with E-state index in [1.165, 1.54) is 16.9 Å². The summed E-state index contributed by atoms with van der Waals surface area (Å²) >= 11 is 1.35. The number of fused-ring (bicyclic) bond motifs is 2. The minimum Gasteiger partial charge on any atom is -0.397 e. The van der Waals surface area contributed by atoms with Gasteiger partial charge in [0.25, 0.3) is 5.91 Å². The van der Waals surface area contributed by atoms with E-state index in [2.05, 4.69) is 34.3 Å². The van der Waals surface area contributed by atoms with Crippen LogP contribution in [0, 0.1) is 12.3 Å². The molecule has 0 bridgehead atoms. The number of hydrogen-bond donors (Lipinski definition) is 3. The summed E-state index contributed by atoms with van der Waals surface area (Å²) in [5, 5.41) is 4.03.